The van der Waals surface area contributed by atoms with E-state index in [9.17, 15) is 4.79 Å². The van der Waals surface area contributed by atoms with Crippen LogP contribution in [0.1, 0.15) is 41.9 Å². The van der Waals surface area contributed by atoms with Gasteiger partial charge in [-0.25, -0.2) is 0 Å². The molecule has 0 aliphatic rings. The first-order valence-corrected chi connectivity index (χ1v) is 5.69. The number of nitrogens with zero attached hydrogens (tertiary/aromatic N) is 2. The summed E-state index contributed by atoms with van der Waals surface area (Å²) in [6.45, 7) is 4.15. The average Bonchev–Trinajstić information content (AvgIpc) is 2.85. The molecule has 18 heavy (non-hydrogen) atoms. The van der Waals surface area contributed by atoms with E-state index in [1.807, 2.05) is 13.8 Å². The van der Waals surface area contributed by atoms with Crippen LogP contribution in [-0.4, -0.2) is 16.5 Å². The van der Waals surface area contributed by atoms with Crippen molar-refractivity contribution in [3.63, 3.8) is 0 Å². The summed E-state index contributed by atoms with van der Waals surface area (Å²) < 4.78 is 10.9. The van der Waals surface area contributed by atoms with Gasteiger partial charge in [0.1, 0.15) is 12.0 Å². The van der Waals surface area contributed by atoms with E-state index in [-0.39, 0.29) is 12.5 Å². The molecule has 5 heteroatoms. The number of carbonyl (C=O) groups excluding carboxylic acids is 1. The van der Waals surface area contributed by atoms with Crippen molar-refractivity contribution < 1.29 is 13.9 Å². The van der Waals surface area contributed by atoms with E-state index in [4.69, 9.17) is 9.15 Å². The smallest absolute Gasteiger partial charge is 0.253 e. The Labute approximate surface area is 105 Å². The fourth-order valence-corrected chi connectivity index (χ4v) is 1.38. The van der Waals surface area contributed by atoms with Crippen LogP contribution in [0.15, 0.2) is 28.7 Å². The minimum absolute atomic E-state index is 0.196. The van der Waals surface area contributed by atoms with Crippen molar-refractivity contribution in [1.82, 2.24) is 10.2 Å². The Bertz CT molecular complexity index is 535. The summed E-state index contributed by atoms with van der Waals surface area (Å²) in [5, 5.41) is 7.79. The van der Waals surface area contributed by atoms with Crippen LogP contribution in [0.25, 0.3) is 0 Å². The van der Waals surface area contributed by atoms with Gasteiger partial charge in [0.05, 0.1) is 0 Å². The Morgan fingerprint density at radius 2 is 2.22 bits per heavy atom. The van der Waals surface area contributed by atoms with Gasteiger partial charge in [0.25, 0.3) is 5.89 Å². The van der Waals surface area contributed by atoms with Crippen LogP contribution in [0, 0.1) is 0 Å². The third-order valence-corrected chi connectivity index (χ3v) is 2.33. The molecule has 0 radical (unpaired) electrons. The van der Waals surface area contributed by atoms with Gasteiger partial charge >= 0.3 is 0 Å². The number of aldehydes is 1. The predicted octanol–water partition coefficient (Wildman–Crippen LogP) is 2.58. The van der Waals surface area contributed by atoms with Crippen molar-refractivity contribution in [3.05, 3.63) is 41.6 Å². The maximum Gasteiger partial charge on any atom is 0.253 e. The molecule has 0 unspecified atom stereocenters. The predicted molar refractivity (Wildman–Crippen MR) is 64.5 cm³/mol. The van der Waals surface area contributed by atoms with E-state index >= 15 is 0 Å². The van der Waals surface area contributed by atoms with E-state index in [0.29, 0.717) is 23.1 Å². The Balaban J connectivity index is 1.99. The third kappa shape index (κ3) is 2.94. The number of hydrogen-bond donors (Lipinski definition) is 0. The minimum atomic E-state index is 0.196. The molecule has 1 heterocycles. The lowest BCUT2D eigenvalue weighted by Crippen LogP contribution is -1.96. The first kappa shape index (κ1) is 12.3. The van der Waals surface area contributed by atoms with Crippen molar-refractivity contribution in [2.24, 2.45) is 0 Å². The molecule has 0 saturated carbocycles. The first-order valence-electron chi connectivity index (χ1n) is 5.69. The second kappa shape index (κ2) is 5.44. The van der Waals surface area contributed by atoms with Crippen molar-refractivity contribution in [2.45, 2.75) is 26.4 Å². The Morgan fingerprint density at radius 1 is 1.39 bits per heavy atom. The van der Waals surface area contributed by atoms with E-state index in [2.05, 4.69) is 10.2 Å². The highest BCUT2D eigenvalue weighted by Gasteiger charge is 2.09. The summed E-state index contributed by atoms with van der Waals surface area (Å²) in [6, 6.07) is 6.90. The minimum Gasteiger partial charge on any atom is -0.484 e. The number of carbonyl (C=O) groups is 1. The lowest BCUT2D eigenvalue weighted by Gasteiger charge is -2.03. The average molecular weight is 246 g/mol. The highest BCUT2D eigenvalue weighted by molar-refractivity contribution is 5.75. The molecular weight excluding hydrogens is 232 g/mol. The zero-order valence-electron chi connectivity index (χ0n) is 10.3. The molecule has 0 fully saturated rings. The summed E-state index contributed by atoms with van der Waals surface area (Å²) in [4.78, 5) is 10.6. The molecule has 0 saturated heterocycles. The van der Waals surface area contributed by atoms with Gasteiger partial charge in [-0.2, -0.15) is 0 Å². The molecular formula is C13H14N2O3. The van der Waals surface area contributed by atoms with Gasteiger partial charge in [-0.1, -0.05) is 26.0 Å². The number of aromatic nitrogens is 2. The van der Waals surface area contributed by atoms with Crippen LogP contribution in [0.5, 0.6) is 5.75 Å². The van der Waals surface area contributed by atoms with E-state index < -0.39 is 0 Å². The summed E-state index contributed by atoms with van der Waals surface area (Å²) in [5.74, 6) is 1.82. The molecule has 0 bridgehead atoms. The SMILES string of the molecule is CC(C)c1nnc(COc2cccc(C=O)c2)o1. The maximum atomic E-state index is 10.6. The van der Waals surface area contributed by atoms with Crippen LogP contribution >= 0.6 is 0 Å². The largest absolute Gasteiger partial charge is 0.484 e. The van der Waals surface area contributed by atoms with Gasteiger partial charge in [-0.05, 0) is 12.1 Å². The molecule has 0 spiro atoms. The van der Waals surface area contributed by atoms with Crippen molar-refractivity contribution in [1.29, 1.82) is 0 Å². The lowest BCUT2D eigenvalue weighted by atomic mass is 10.2. The molecule has 2 rings (SSSR count). The zero-order chi connectivity index (χ0) is 13.0. The molecule has 0 atom stereocenters. The van der Waals surface area contributed by atoms with E-state index in [0.717, 1.165) is 6.29 Å². The lowest BCUT2D eigenvalue weighted by molar-refractivity contribution is 0.112. The van der Waals surface area contributed by atoms with Crippen LogP contribution in [-0.2, 0) is 6.61 Å². The third-order valence-electron chi connectivity index (χ3n) is 2.33. The standard InChI is InChI=1S/C13H14N2O3/c1-9(2)13-15-14-12(18-13)8-17-11-5-3-4-10(6-11)7-16/h3-7,9H,8H2,1-2H3. The molecule has 5 nitrogen and oxygen atoms in total. The summed E-state index contributed by atoms with van der Waals surface area (Å²) >= 11 is 0. The van der Waals surface area contributed by atoms with Crippen molar-refractivity contribution in [3.8, 4) is 5.75 Å². The van der Waals surface area contributed by atoms with Crippen LogP contribution in [0.4, 0.5) is 0 Å². The van der Waals surface area contributed by atoms with Gasteiger partial charge < -0.3 is 9.15 Å². The van der Waals surface area contributed by atoms with Gasteiger partial charge in [0.15, 0.2) is 6.61 Å². The normalized spacial score (nSPS) is 10.6. The summed E-state index contributed by atoms with van der Waals surface area (Å²) in [7, 11) is 0. The van der Waals surface area contributed by atoms with Crippen LogP contribution in [0.2, 0.25) is 0 Å². The van der Waals surface area contributed by atoms with Gasteiger partial charge in [0, 0.05) is 11.5 Å². The maximum absolute atomic E-state index is 10.6. The van der Waals surface area contributed by atoms with Crippen LogP contribution < -0.4 is 4.74 Å². The van der Waals surface area contributed by atoms with Crippen molar-refractivity contribution in [2.75, 3.05) is 0 Å². The zero-order valence-corrected chi connectivity index (χ0v) is 10.3. The molecule has 1 aromatic carbocycles. The summed E-state index contributed by atoms with van der Waals surface area (Å²) in [5.41, 5.74) is 0.570. The van der Waals surface area contributed by atoms with E-state index in [1.54, 1.807) is 24.3 Å². The Kier molecular flexibility index (Phi) is 3.72. The molecule has 2 aromatic rings. The summed E-state index contributed by atoms with van der Waals surface area (Å²) in [6.07, 6.45) is 0.774. The first-order chi connectivity index (χ1) is 8.69. The molecule has 0 N–H and O–H groups in total. The van der Waals surface area contributed by atoms with Crippen molar-refractivity contribution >= 4 is 6.29 Å². The Morgan fingerprint density at radius 3 is 2.89 bits per heavy atom. The van der Waals surface area contributed by atoms with Gasteiger partial charge in [-0.3, -0.25) is 4.79 Å². The molecule has 0 aliphatic carbocycles. The molecule has 0 amide bonds. The van der Waals surface area contributed by atoms with Crippen LogP contribution in [0.3, 0.4) is 0 Å². The van der Waals surface area contributed by atoms with Gasteiger partial charge in [-0.15, -0.1) is 10.2 Å². The fraction of sp³-hybridized carbons (Fsp3) is 0.308. The molecule has 94 valence electrons. The number of benzene rings is 1. The monoisotopic (exact) mass is 246 g/mol. The second-order valence-corrected chi connectivity index (χ2v) is 4.17. The fourth-order valence-electron chi connectivity index (χ4n) is 1.38. The highest BCUT2D eigenvalue weighted by atomic mass is 16.5. The van der Waals surface area contributed by atoms with E-state index in [1.165, 1.54) is 0 Å². The number of rotatable bonds is 5. The number of ether oxygens (including phenoxy) is 1. The highest BCUT2D eigenvalue weighted by Crippen LogP contribution is 2.16. The molecule has 0 aliphatic heterocycles. The second-order valence-electron chi connectivity index (χ2n) is 4.17. The quantitative estimate of drug-likeness (QED) is 0.758. The topological polar surface area (TPSA) is 65.2 Å². The van der Waals surface area contributed by atoms with Gasteiger partial charge in [0.2, 0.25) is 5.89 Å². The Hall–Kier alpha value is -2.17. The molecule has 1 aromatic heterocycles. The number of hydrogen-bond acceptors (Lipinski definition) is 5.